The molecule has 6 heteroatoms. The quantitative estimate of drug-likeness (QED) is 0.624. The van der Waals surface area contributed by atoms with Crippen molar-refractivity contribution in [3.63, 3.8) is 0 Å². The van der Waals surface area contributed by atoms with Gasteiger partial charge in [-0.2, -0.15) is 0 Å². The molecule has 0 unspecified atom stereocenters. The molecule has 1 amide bonds. The summed E-state index contributed by atoms with van der Waals surface area (Å²) in [6.07, 6.45) is 3.18. The van der Waals surface area contributed by atoms with Crippen molar-refractivity contribution in [3.05, 3.63) is 88.7 Å². The Morgan fingerprint density at radius 1 is 0.889 bits per heavy atom. The van der Waals surface area contributed by atoms with Gasteiger partial charge in [0.05, 0.1) is 0 Å². The molecule has 0 bridgehead atoms. The molecule has 138 valence electrons. The molecule has 0 saturated carbocycles. The molecular weight excluding hydrogens is 360 g/mol. The Labute approximate surface area is 163 Å². The monoisotopic (exact) mass is 380 g/mol. The number of carbonyl (C=O) groups excluding carboxylic acids is 1. The maximum absolute atomic E-state index is 12.3. The lowest BCUT2D eigenvalue weighted by Gasteiger charge is -2.08. The highest BCUT2D eigenvalue weighted by Crippen LogP contribution is 2.09. The second-order valence-electron chi connectivity index (χ2n) is 6.06. The summed E-state index contributed by atoms with van der Waals surface area (Å²) in [5, 5.41) is 6.75. The third-order valence-electron chi connectivity index (χ3n) is 4.04. The van der Waals surface area contributed by atoms with E-state index < -0.39 is 0 Å². The third-order valence-corrected chi connectivity index (χ3v) is 4.29. The standard InChI is InChI=1S/C21H21ClN4O/c22-18-8-6-17(7-9-18)10-13-23-20(27)19-12-15-25-21(26-19)24-14-11-16-4-2-1-3-5-16/h1-9,12,15H,10-11,13-14H2,(H,23,27)(H,24,25,26). The van der Waals surface area contributed by atoms with Crippen LogP contribution in [0.25, 0.3) is 0 Å². The van der Waals surface area contributed by atoms with E-state index in [0.29, 0.717) is 29.8 Å². The molecule has 3 rings (SSSR count). The SMILES string of the molecule is O=C(NCCc1ccc(Cl)cc1)c1ccnc(NCCc2ccccc2)n1. The number of aromatic nitrogens is 2. The van der Waals surface area contributed by atoms with E-state index in [4.69, 9.17) is 11.6 Å². The highest BCUT2D eigenvalue weighted by molar-refractivity contribution is 6.30. The normalized spacial score (nSPS) is 10.4. The largest absolute Gasteiger partial charge is 0.354 e. The average molecular weight is 381 g/mol. The van der Waals surface area contributed by atoms with Crippen LogP contribution in [0.2, 0.25) is 5.02 Å². The summed E-state index contributed by atoms with van der Waals surface area (Å²) >= 11 is 5.87. The molecule has 1 aromatic heterocycles. The molecule has 0 spiro atoms. The lowest BCUT2D eigenvalue weighted by atomic mass is 10.1. The van der Waals surface area contributed by atoms with Gasteiger partial charge in [-0.3, -0.25) is 4.79 Å². The van der Waals surface area contributed by atoms with Gasteiger partial charge in [-0.15, -0.1) is 0 Å². The molecule has 0 aliphatic heterocycles. The van der Waals surface area contributed by atoms with E-state index in [-0.39, 0.29) is 5.91 Å². The van der Waals surface area contributed by atoms with E-state index in [1.54, 1.807) is 12.3 Å². The first-order chi connectivity index (χ1) is 13.2. The number of nitrogens with zero attached hydrogens (tertiary/aromatic N) is 2. The van der Waals surface area contributed by atoms with E-state index in [2.05, 4.69) is 32.7 Å². The Bertz CT molecular complexity index is 869. The summed E-state index contributed by atoms with van der Waals surface area (Å²) in [4.78, 5) is 20.7. The minimum atomic E-state index is -0.211. The van der Waals surface area contributed by atoms with Crippen LogP contribution in [0, 0.1) is 0 Å². The Morgan fingerprint density at radius 2 is 1.59 bits per heavy atom. The van der Waals surface area contributed by atoms with Gasteiger partial charge >= 0.3 is 0 Å². The van der Waals surface area contributed by atoms with Crippen molar-refractivity contribution in [2.75, 3.05) is 18.4 Å². The van der Waals surface area contributed by atoms with Crippen molar-refractivity contribution in [3.8, 4) is 0 Å². The van der Waals surface area contributed by atoms with Crippen molar-refractivity contribution in [2.24, 2.45) is 0 Å². The number of anilines is 1. The number of benzene rings is 2. The molecule has 0 atom stereocenters. The summed E-state index contributed by atoms with van der Waals surface area (Å²) in [6.45, 7) is 1.23. The van der Waals surface area contributed by atoms with Gasteiger partial charge in [0.15, 0.2) is 0 Å². The van der Waals surface area contributed by atoms with Crippen LogP contribution in [0.4, 0.5) is 5.95 Å². The van der Waals surface area contributed by atoms with Crippen LogP contribution in [0.15, 0.2) is 66.9 Å². The second kappa shape index (κ2) is 9.69. The molecule has 2 aromatic carbocycles. The molecule has 0 aliphatic rings. The molecular formula is C21H21ClN4O. The zero-order valence-electron chi connectivity index (χ0n) is 14.9. The fourth-order valence-corrected chi connectivity index (χ4v) is 2.72. The van der Waals surface area contributed by atoms with Crippen molar-refractivity contribution in [1.82, 2.24) is 15.3 Å². The number of amides is 1. The average Bonchev–Trinajstić information content (AvgIpc) is 2.70. The Morgan fingerprint density at radius 3 is 2.37 bits per heavy atom. The van der Waals surface area contributed by atoms with Crippen LogP contribution in [-0.4, -0.2) is 29.0 Å². The van der Waals surface area contributed by atoms with Crippen LogP contribution in [0.5, 0.6) is 0 Å². The zero-order chi connectivity index (χ0) is 18.9. The highest BCUT2D eigenvalue weighted by atomic mass is 35.5. The van der Waals surface area contributed by atoms with Crippen molar-refractivity contribution in [2.45, 2.75) is 12.8 Å². The van der Waals surface area contributed by atoms with Gasteiger partial charge in [0.25, 0.3) is 5.91 Å². The molecule has 0 radical (unpaired) electrons. The minimum Gasteiger partial charge on any atom is -0.354 e. The van der Waals surface area contributed by atoms with Crippen LogP contribution in [0.3, 0.4) is 0 Å². The van der Waals surface area contributed by atoms with E-state index in [0.717, 1.165) is 18.4 Å². The minimum absolute atomic E-state index is 0.211. The molecule has 5 nitrogen and oxygen atoms in total. The van der Waals surface area contributed by atoms with Gasteiger partial charge in [-0.25, -0.2) is 9.97 Å². The van der Waals surface area contributed by atoms with E-state index in [9.17, 15) is 4.79 Å². The van der Waals surface area contributed by atoms with Crippen molar-refractivity contribution >= 4 is 23.5 Å². The zero-order valence-corrected chi connectivity index (χ0v) is 15.6. The summed E-state index contributed by atoms with van der Waals surface area (Å²) in [6, 6.07) is 19.4. The summed E-state index contributed by atoms with van der Waals surface area (Å²) < 4.78 is 0. The number of hydrogen-bond donors (Lipinski definition) is 2. The maximum atomic E-state index is 12.3. The summed E-state index contributed by atoms with van der Waals surface area (Å²) in [7, 11) is 0. The number of rotatable bonds is 8. The molecule has 3 aromatic rings. The fourth-order valence-electron chi connectivity index (χ4n) is 2.60. The number of hydrogen-bond acceptors (Lipinski definition) is 4. The first-order valence-corrected chi connectivity index (χ1v) is 9.22. The fraction of sp³-hybridized carbons (Fsp3) is 0.190. The Hall–Kier alpha value is -2.92. The van der Waals surface area contributed by atoms with Gasteiger partial charge < -0.3 is 10.6 Å². The smallest absolute Gasteiger partial charge is 0.270 e. The topological polar surface area (TPSA) is 66.9 Å². The van der Waals surface area contributed by atoms with Crippen molar-refractivity contribution < 1.29 is 4.79 Å². The van der Waals surface area contributed by atoms with E-state index in [1.807, 2.05) is 42.5 Å². The summed E-state index contributed by atoms with van der Waals surface area (Å²) in [5.74, 6) is 0.244. The second-order valence-corrected chi connectivity index (χ2v) is 6.50. The lowest BCUT2D eigenvalue weighted by molar-refractivity contribution is 0.0949. The molecule has 0 fully saturated rings. The predicted molar refractivity (Wildman–Crippen MR) is 108 cm³/mol. The first-order valence-electron chi connectivity index (χ1n) is 8.84. The van der Waals surface area contributed by atoms with Gasteiger partial charge in [-0.05, 0) is 42.2 Å². The Kier molecular flexibility index (Phi) is 6.77. The maximum Gasteiger partial charge on any atom is 0.270 e. The van der Waals surface area contributed by atoms with Gasteiger partial charge in [0.2, 0.25) is 5.95 Å². The molecule has 0 aliphatic carbocycles. The third kappa shape index (κ3) is 6.08. The summed E-state index contributed by atoms with van der Waals surface area (Å²) in [5.41, 5.74) is 2.70. The number of nitrogens with one attached hydrogen (secondary N) is 2. The van der Waals surface area contributed by atoms with Crippen LogP contribution < -0.4 is 10.6 Å². The van der Waals surface area contributed by atoms with Gasteiger partial charge in [0, 0.05) is 24.3 Å². The lowest BCUT2D eigenvalue weighted by Crippen LogP contribution is -2.27. The van der Waals surface area contributed by atoms with Crippen LogP contribution in [-0.2, 0) is 12.8 Å². The van der Waals surface area contributed by atoms with Crippen LogP contribution >= 0.6 is 11.6 Å². The first kappa shape index (κ1) is 18.9. The molecule has 0 saturated heterocycles. The van der Waals surface area contributed by atoms with Gasteiger partial charge in [-0.1, -0.05) is 54.1 Å². The molecule has 2 N–H and O–H groups in total. The van der Waals surface area contributed by atoms with E-state index >= 15 is 0 Å². The Balaban J connectivity index is 1.47. The van der Waals surface area contributed by atoms with Crippen molar-refractivity contribution in [1.29, 1.82) is 0 Å². The van der Waals surface area contributed by atoms with E-state index in [1.165, 1.54) is 5.56 Å². The molecule has 1 heterocycles. The molecule has 27 heavy (non-hydrogen) atoms. The number of halogens is 1. The number of carbonyl (C=O) groups is 1. The van der Waals surface area contributed by atoms with Gasteiger partial charge in [0.1, 0.15) is 5.69 Å². The van der Waals surface area contributed by atoms with Crippen LogP contribution in [0.1, 0.15) is 21.6 Å². The predicted octanol–water partition coefficient (Wildman–Crippen LogP) is 3.76. The highest BCUT2D eigenvalue weighted by Gasteiger charge is 2.08.